The number of H-pyrrole nitrogens is 1. The van der Waals surface area contributed by atoms with Gasteiger partial charge in [0.2, 0.25) is 17.7 Å². The molecule has 4 N–H and O–H groups in total. The molecule has 3 aliphatic heterocycles. The highest BCUT2D eigenvalue weighted by molar-refractivity contribution is 5.99. The summed E-state index contributed by atoms with van der Waals surface area (Å²) in [5.41, 5.74) is 4.82. The van der Waals surface area contributed by atoms with Crippen LogP contribution in [0.5, 0.6) is 0 Å². The van der Waals surface area contributed by atoms with Crippen molar-refractivity contribution in [2.45, 2.75) is 82.6 Å². The number of amides is 6. The number of aromatic nitrogens is 2. The van der Waals surface area contributed by atoms with E-state index in [4.69, 9.17) is 9.47 Å². The molecule has 3 aromatic carbocycles. The van der Waals surface area contributed by atoms with Gasteiger partial charge < -0.3 is 45.1 Å². The molecule has 16 nitrogen and oxygen atoms in total. The molecule has 0 aliphatic carbocycles. The summed E-state index contributed by atoms with van der Waals surface area (Å²) in [6.07, 6.45) is 4.18. The number of nitrogens with zero attached hydrogens (tertiary/aromatic N) is 4. The molecular formula is C46H54N8O8. The number of methoxy groups -OCH3 is 2. The van der Waals surface area contributed by atoms with Gasteiger partial charge in [0.15, 0.2) is 0 Å². The standard InChI is InChI=1S/C46H54N8O8/c1-28(2)38(50-45(59)61-3)43(57)52-24-8-13-35(52)40-47-27-34(49-40)31-18-16-29(17-19-31)30-20-22-33(23-21-30)48-41(55)36-14-9-25-53(36)42(56)37-15-10-26-54(37)44(58)39(51-46(60)62-4)32-11-6-5-7-12-32/h5-7,11-12,16-23,27-28,35-39H,8-10,13-15,24-26H2,1-4H3,(H,47,49)(H,48,55)(H,50,59)(H,51,60). The predicted octanol–water partition coefficient (Wildman–Crippen LogP) is 5.81. The summed E-state index contributed by atoms with van der Waals surface area (Å²) in [5, 5.41) is 8.30. The first-order chi connectivity index (χ1) is 30.0. The number of benzene rings is 3. The molecule has 0 spiro atoms. The van der Waals surface area contributed by atoms with Gasteiger partial charge in [-0.3, -0.25) is 19.2 Å². The molecule has 5 atom stereocenters. The molecular weight excluding hydrogens is 793 g/mol. The Balaban J connectivity index is 0.964. The van der Waals surface area contributed by atoms with E-state index in [-0.39, 0.29) is 29.7 Å². The molecule has 3 fully saturated rings. The molecule has 16 heteroatoms. The Morgan fingerprint density at radius 1 is 0.677 bits per heavy atom. The van der Waals surface area contributed by atoms with E-state index in [1.807, 2.05) is 68.4 Å². The van der Waals surface area contributed by atoms with Gasteiger partial charge >= 0.3 is 12.2 Å². The first-order valence-electron chi connectivity index (χ1n) is 21.2. The van der Waals surface area contributed by atoms with Crippen LogP contribution in [0.15, 0.2) is 85.1 Å². The van der Waals surface area contributed by atoms with Crippen molar-refractivity contribution in [2.24, 2.45) is 5.92 Å². The second-order valence-electron chi connectivity index (χ2n) is 16.2. The average Bonchev–Trinajstić information content (AvgIpc) is 4.14. The van der Waals surface area contributed by atoms with Crippen LogP contribution in [0.2, 0.25) is 0 Å². The third-order valence-corrected chi connectivity index (χ3v) is 12.0. The summed E-state index contributed by atoms with van der Waals surface area (Å²) in [7, 11) is 2.50. The second-order valence-corrected chi connectivity index (χ2v) is 16.2. The fourth-order valence-corrected chi connectivity index (χ4v) is 8.72. The van der Waals surface area contributed by atoms with Crippen molar-refractivity contribution in [3.63, 3.8) is 0 Å². The number of imidazole rings is 1. The molecule has 1 aromatic heterocycles. The number of alkyl carbamates (subject to hydrolysis) is 2. The van der Waals surface area contributed by atoms with Crippen LogP contribution in [0, 0.1) is 5.92 Å². The third kappa shape index (κ3) is 9.43. The van der Waals surface area contributed by atoms with Gasteiger partial charge in [0, 0.05) is 25.3 Å². The maximum Gasteiger partial charge on any atom is 0.407 e. The lowest BCUT2D eigenvalue weighted by atomic mass is 10.0. The highest BCUT2D eigenvalue weighted by Gasteiger charge is 2.44. The fraction of sp³-hybridized carbons (Fsp3) is 0.413. The van der Waals surface area contributed by atoms with Crippen LogP contribution in [0.4, 0.5) is 15.3 Å². The van der Waals surface area contributed by atoms with E-state index in [1.165, 1.54) is 19.1 Å². The van der Waals surface area contributed by atoms with Crippen molar-refractivity contribution in [3.05, 3.63) is 96.4 Å². The lowest BCUT2D eigenvalue weighted by molar-refractivity contribution is -0.146. The summed E-state index contributed by atoms with van der Waals surface area (Å²) in [6, 6.07) is 20.9. The van der Waals surface area contributed by atoms with Crippen LogP contribution in [0.1, 0.15) is 75.8 Å². The normalized spacial score (nSPS) is 19.5. The number of anilines is 1. The Bertz CT molecular complexity index is 2250. The van der Waals surface area contributed by atoms with Crippen molar-refractivity contribution < 1.29 is 38.2 Å². The van der Waals surface area contributed by atoms with Gasteiger partial charge in [0.25, 0.3) is 5.91 Å². The lowest BCUT2D eigenvalue weighted by Gasteiger charge is -2.33. The van der Waals surface area contributed by atoms with E-state index in [0.29, 0.717) is 62.4 Å². The molecule has 4 heterocycles. The molecule has 3 aliphatic rings. The lowest BCUT2D eigenvalue weighted by Crippen LogP contribution is -2.53. The molecule has 6 amide bonds. The van der Waals surface area contributed by atoms with Crippen LogP contribution in [-0.2, 0) is 28.7 Å². The van der Waals surface area contributed by atoms with Crippen molar-refractivity contribution in [2.75, 3.05) is 39.2 Å². The SMILES string of the molecule is COC(=O)NC(C(=O)N1CCCC1C(=O)N1CCCC1C(=O)Nc1ccc(-c2ccc(-c3cnc(C4CCCN4C(=O)C(NC(=O)OC)C(C)C)[nH]3)cc2)cc1)c1ccccc1. The molecule has 0 radical (unpaired) electrons. The van der Waals surface area contributed by atoms with Crippen LogP contribution >= 0.6 is 0 Å². The zero-order chi connectivity index (χ0) is 43.9. The first-order valence-corrected chi connectivity index (χ1v) is 21.2. The van der Waals surface area contributed by atoms with Crippen molar-refractivity contribution in [3.8, 4) is 22.4 Å². The Kier molecular flexibility index (Phi) is 13.5. The Morgan fingerprint density at radius 3 is 1.92 bits per heavy atom. The molecule has 5 unspecified atom stereocenters. The number of hydrogen-bond donors (Lipinski definition) is 4. The first kappa shape index (κ1) is 43.4. The van der Waals surface area contributed by atoms with Crippen LogP contribution < -0.4 is 16.0 Å². The number of likely N-dealkylation sites (tertiary alicyclic amines) is 3. The van der Waals surface area contributed by atoms with Gasteiger partial charge in [0.05, 0.1) is 32.2 Å². The number of carbonyl (C=O) groups is 6. The number of rotatable bonds is 12. The summed E-state index contributed by atoms with van der Waals surface area (Å²) in [5.74, 6) is -0.571. The van der Waals surface area contributed by atoms with Crippen LogP contribution in [-0.4, -0.2) is 112 Å². The highest BCUT2D eigenvalue weighted by atomic mass is 16.5. The van der Waals surface area contributed by atoms with E-state index >= 15 is 0 Å². The van der Waals surface area contributed by atoms with Gasteiger partial charge in [-0.1, -0.05) is 80.6 Å². The van der Waals surface area contributed by atoms with Crippen LogP contribution in [0.25, 0.3) is 22.4 Å². The largest absolute Gasteiger partial charge is 0.453 e. The van der Waals surface area contributed by atoms with E-state index in [1.54, 1.807) is 40.3 Å². The van der Waals surface area contributed by atoms with Gasteiger partial charge in [-0.25, -0.2) is 14.6 Å². The average molecular weight is 847 g/mol. The van der Waals surface area contributed by atoms with E-state index in [2.05, 4.69) is 25.9 Å². The number of hydrogen-bond acceptors (Lipinski definition) is 9. The molecule has 3 saturated heterocycles. The minimum absolute atomic E-state index is 0.126. The molecule has 0 bridgehead atoms. The molecule has 62 heavy (non-hydrogen) atoms. The quantitative estimate of drug-likeness (QED) is 0.136. The number of ether oxygens (including phenoxy) is 2. The Morgan fingerprint density at radius 2 is 1.26 bits per heavy atom. The Hall–Kier alpha value is -6.71. The zero-order valence-electron chi connectivity index (χ0n) is 35.5. The highest BCUT2D eigenvalue weighted by Crippen LogP contribution is 2.34. The minimum atomic E-state index is -1.03. The Labute approximate surface area is 360 Å². The number of nitrogens with one attached hydrogen (secondary N) is 4. The predicted molar refractivity (Wildman–Crippen MR) is 230 cm³/mol. The molecule has 4 aromatic rings. The zero-order valence-corrected chi connectivity index (χ0v) is 35.5. The maximum absolute atomic E-state index is 14.1. The molecule has 0 saturated carbocycles. The summed E-state index contributed by atoms with van der Waals surface area (Å²) in [6.45, 7) is 5.10. The van der Waals surface area contributed by atoms with E-state index in [9.17, 15) is 28.8 Å². The molecule has 326 valence electrons. The van der Waals surface area contributed by atoms with Crippen molar-refractivity contribution in [1.29, 1.82) is 0 Å². The summed E-state index contributed by atoms with van der Waals surface area (Å²) < 4.78 is 9.54. The van der Waals surface area contributed by atoms with Crippen LogP contribution in [0.3, 0.4) is 0 Å². The third-order valence-electron chi connectivity index (χ3n) is 12.0. The molecule has 7 rings (SSSR count). The van der Waals surface area contributed by atoms with Gasteiger partial charge in [-0.15, -0.1) is 0 Å². The topological polar surface area (TPSA) is 195 Å². The fourth-order valence-electron chi connectivity index (χ4n) is 8.72. The van der Waals surface area contributed by atoms with Gasteiger partial charge in [-0.2, -0.15) is 0 Å². The van der Waals surface area contributed by atoms with Crippen molar-refractivity contribution in [1.82, 2.24) is 35.3 Å². The summed E-state index contributed by atoms with van der Waals surface area (Å²) >= 11 is 0. The van der Waals surface area contributed by atoms with Crippen molar-refractivity contribution >= 4 is 41.5 Å². The second kappa shape index (κ2) is 19.3. The van der Waals surface area contributed by atoms with E-state index < -0.39 is 42.3 Å². The maximum atomic E-state index is 14.1. The van der Waals surface area contributed by atoms with Gasteiger partial charge in [0.1, 0.15) is 30.0 Å². The summed E-state index contributed by atoms with van der Waals surface area (Å²) in [4.78, 5) is 92.4. The van der Waals surface area contributed by atoms with Gasteiger partial charge in [-0.05, 0) is 78.8 Å². The van der Waals surface area contributed by atoms with E-state index in [0.717, 1.165) is 35.2 Å². The smallest absolute Gasteiger partial charge is 0.407 e. The number of aromatic amines is 1. The monoisotopic (exact) mass is 846 g/mol. The number of carbonyl (C=O) groups excluding carboxylic acids is 6. The minimum Gasteiger partial charge on any atom is -0.453 e.